The summed E-state index contributed by atoms with van der Waals surface area (Å²) in [4.78, 5) is 14.7. The molecule has 0 amide bonds. The van der Waals surface area contributed by atoms with Crippen molar-refractivity contribution in [3.63, 3.8) is 0 Å². The Kier molecular flexibility index (Phi) is 3.05. The van der Waals surface area contributed by atoms with E-state index in [9.17, 15) is 18.7 Å². The summed E-state index contributed by atoms with van der Waals surface area (Å²) >= 11 is 0. The SMILES string of the molecule is Nc1ccn([C@@H]2OC(CO)[C@H](O)C2(F)F)c(=O)n1. The molecule has 1 aliphatic rings. The number of aliphatic hydroxyl groups excluding tert-OH is 2. The third-order valence-electron chi connectivity index (χ3n) is 2.66. The topological polar surface area (TPSA) is 111 Å². The number of hydrogen-bond donors (Lipinski definition) is 3. The van der Waals surface area contributed by atoms with Crippen LogP contribution in [0.15, 0.2) is 17.1 Å². The first-order valence-electron chi connectivity index (χ1n) is 5.04. The molecule has 1 aliphatic heterocycles. The average molecular weight is 263 g/mol. The monoisotopic (exact) mass is 263 g/mol. The van der Waals surface area contributed by atoms with Crippen LogP contribution in [-0.4, -0.2) is 44.5 Å². The van der Waals surface area contributed by atoms with Crippen LogP contribution in [0.1, 0.15) is 6.23 Å². The molecule has 18 heavy (non-hydrogen) atoms. The van der Waals surface area contributed by atoms with E-state index in [0.717, 1.165) is 12.3 Å². The molecule has 1 fully saturated rings. The Hall–Kier alpha value is -1.58. The van der Waals surface area contributed by atoms with Crippen molar-refractivity contribution in [1.82, 2.24) is 9.55 Å². The molecule has 1 unspecified atom stereocenters. The maximum Gasteiger partial charge on any atom is 0.351 e. The van der Waals surface area contributed by atoms with E-state index in [2.05, 4.69) is 4.98 Å². The van der Waals surface area contributed by atoms with Gasteiger partial charge < -0.3 is 20.7 Å². The fourth-order valence-electron chi connectivity index (χ4n) is 1.72. The summed E-state index contributed by atoms with van der Waals surface area (Å²) < 4.78 is 32.7. The predicted molar refractivity (Wildman–Crippen MR) is 54.9 cm³/mol. The minimum absolute atomic E-state index is 0.114. The van der Waals surface area contributed by atoms with Crippen LogP contribution in [0.5, 0.6) is 0 Å². The minimum atomic E-state index is -3.71. The molecule has 0 bridgehead atoms. The minimum Gasteiger partial charge on any atom is -0.394 e. The van der Waals surface area contributed by atoms with E-state index in [1.807, 2.05) is 0 Å². The van der Waals surface area contributed by atoms with Crippen LogP contribution in [-0.2, 0) is 4.74 Å². The summed E-state index contributed by atoms with van der Waals surface area (Å²) in [6.45, 7) is -0.787. The fraction of sp³-hybridized carbons (Fsp3) is 0.556. The molecule has 2 heterocycles. The molecule has 1 aromatic rings. The molecule has 0 spiro atoms. The van der Waals surface area contributed by atoms with Gasteiger partial charge in [-0.3, -0.25) is 4.57 Å². The number of hydrogen-bond acceptors (Lipinski definition) is 6. The van der Waals surface area contributed by atoms with E-state index >= 15 is 0 Å². The van der Waals surface area contributed by atoms with Crippen LogP contribution in [0.3, 0.4) is 0 Å². The van der Waals surface area contributed by atoms with Gasteiger partial charge in [-0.25, -0.2) is 4.79 Å². The van der Waals surface area contributed by atoms with Gasteiger partial charge in [-0.1, -0.05) is 0 Å². The number of rotatable bonds is 2. The summed E-state index contributed by atoms with van der Waals surface area (Å²) in [5.74, 6) is -3.83. The molecule has 100 valence electrons. The number of alkyl halides is 2. The van der Waals surface area contributed by atoms with Crippen molar-refractivity contribution in [3.05, 3.63) is 22.7 Å². The van der Waals surface area contributed by atoms with Gasteiger partial charge in [0.2, 0.25) is 6.23 Å². The third kappa shape index (κ3) is 1.85. The Morgan fingerprint density at radius 3 is 2.78 bits per heavy atom. The van der Waals surface area contributed by atoms with E-state index in [4.69, 9.17) is 15.6 Å². The largest absolute Gasteiger partial charge is 0.394 e. The Morgan fingerprint density at radius 1 is 1.61 bits per heavy atom. The van der Waals surface area contributed by atoms with Crippen LogP contribution in [0.2, 0.25) is 0 Å². The van der Waals surface area contributed by atoms with Gasteiger partial charge in [0.1, 0.15) is 11.9 Å². The summed E-state index contributed by atoms with van der Waals surface area (Å²) in [5.41, 5.74) is 4.21. The lowest BCUT2D eigenvalue weighted by molar-refractivity contribution is -0.140. The molecule has 0 aliphatic carbocycles. The second kappa shape index (κ2) is 4.26. The van der Waals surface area contributed by atoms with Gasteiger partial charge in [0.15, 0.2) is 6.10 Å². The molecule has 0 saturated carbocycles. The Morgan fingerprint density at radius 2 is 2.28 bits per heavy atom. The van der Waals surface area contributed by atoms with Gasteiger partial charge in [-0.2, -0.15) is 13.8 Å². The molecule has 2 rings (SSSR count). The summed E-state index contributed by atoms with van der Waals surface area (Å²) in [6, 6.07) is 1.15. The Balaban J connectivity index is 2.42. The zero-order valence-corrected chi connectivity index (χ0v) is 9.03. The highest BCUT2D eigenvalue weighted by atomic mass is 19.3. The van der Waals surface area contributed by atoms with Crippen LogP contribution >= 0.6 is 0 Å². The zero-order chi connectivity index (χ0) is 13.5. The summed E-state index contributed by atoms with van der Waals surface area (Å²) in [6.07, 6.45) is -4.69. The molecular weight excluding hydrogens is 252 g/mol. The number of aliphatic hydroxyl groups is 2. The van der Waals surface area contributed by atoms with Crippen molar-refractivity contribution in [1.29, 1.82) is 0 Å². The highest BCUT2D eigenvalue weighted by molar-refractivity contribution is 5.23. The number of ether oxygens (including phenoxy) is 1. The maximum absolute atomic E-state index is 13.7. The van der Waals surface area contributed by atoms with Crippen molar-refractivity contribution in [2.75, 3.05) is 12.3 Å². The van der Waals surface area contributed by atoms with E-state index in [1.54, 1.807) is 0 Å². The van der Waals surface area contributed by atoms with Crippen molar-refractivity contribution in [2.24, 2.45) is 0 Å². The average Bonchev–Trinajstić information content (AvgIpc) is 2.52. The van der Waals surface area contributed by atoms with Crippen molar-refractivity contribution in [3.8, 4) is 0 Å². The first-order chi connectivity index (χ1) is 8.37. The van der Waals surface area contributed by atoms with Gasteiger partial charge in [0.05, 0.1) is 6.61 Å². The quantitative estimate of drug-likeness (QED) is 0.612. The van der Waals surface area contributed by atoms with Gasteiger partial charge in [0.25, 0.3) is 0 Å². The Labute approximate surface area is 99.4 Å². The van der Waals surface area contributed by atoms with Gasteiger partial charge >= 0.3 is 11.6 Å². The molecule has 0 radical (unpaired) electrons. The fourth-order valence-corrected chi connectivity index (χ4v) is 1.72. The van der Waals surface area contributed by atoms with E-state index < -0.39 is 36.7 Å². The lowest BCUT2D eigenvalue weighted by Crippen LogP contribution is -2.41. The van der Waals surface area contributed by atoms with Crippen LogP contribution in [0.25, 0.3) is 0 Å². The molecular formula is C9H11F2N3O4. The molecule has 9 heteroatoms. The standard InChI is InChI=1S/C9H11F2N3O4/c10-9(11)6(16)4(3-15)18-7(9)14-2-1-5(12)13-8(14)17/h1-2,4,6-7,15-16H,3H2,(H2,12,13,17)/t4?,6-,7+/m0/s1. The number of nitrogens with two attached hydrogens (primary N) is 1. The molecule has 7 nitrogen and oxygen atoms in total. The van der Waals surface area contributed by atoms with E-state index in [-0.39, 0.29) is 5.82 Å². The molecule has 0 aromatic carbocycles. The smallest absolute Gasteiger partial charge is 0.351 e. The number of aromatic nitrogens is 2. The van der Waals surface area contributed by atoms with Crippen LogP contribution in [0.4, 0.5) is 14.6 Å². The third-order valence-corrected chi connectivity index (χ3v) is 2.66. The zero-order valence-electron chi connectivity index (χ0n) is 9.03. The van der Waals surface area contributed by atoms with Gasteiger partial charge in [-0.15, -0.1) is 0 Å². The molecule has 3 atom stereocenters. The highest BCUT2D eigenvalue weighted by Crippen LogP contribution is 2.41. The van der Waals surface area contributed by atoms with Crippen molar-refractivity contribution < 1.29 is 23.7 Å². The van der Waals surface area contributed by atoms with E-state index in [1.165, 1.54) is 0 Å². The lowest BCUT2D eigenvalue weighted by Gasteiger charge is -2.20. The number of anilines is 1. The van der Waals surface area contributed by atoms with Gasteiger partial charge in [0, 0.05) is 6.20 Å². The summed E-state index contributed by atoms with van der Waals surface area (Å²) in [5, 5.41) is 18.1. The molecule has 1 aromatic heterocycles. The lowest BCUT2D eigenvalue weighted by atomic mass is 10.1. The second-order valence-corrected chi connectivity index (χ2v) is 3.87. The number of nitrogens with zero attached hydrogens (tertiary/aromatic N) is 2. The van der Waals surface area contributed by atoms with Crippen molar-refractivity contribution in [2.45, 2.75) is 24.4 Å². The number of nitrogen functional groups attached to an aromatic ring is 1. The summed E-state index contributed by atoms with van der Waals surface area (Å²) in [7, 11) is 0. The number of halogens is 2. The van der Waals surface area contributed by atoms with E-state index in [0.29, 0.717) is 4.57 Å². The molecule has 4 N–H and O–H groups in total. The van der Waals surface area contributed by atoms with Crippen LogP contribution in [0, 0.1) is 0 Å². The Bertz CT molecular complexity index is 507. The van der Waals surface area contributed by atoms with Crippen LogP contribution < -0.4 is 11.4 Å². The first-order valence-corrected chi connectivity index (χ1v) is 5.04. The molecule has 1 saturated heterocycles. The second-order valence-electron chi connectivity index (χ2n) is 3.87. The first kappa shape index (κ1) is 12.9. The maximum atomic E-state index is 13.7. The van der Waals surface area contributed by atoms with Crippen molar-refractivity contribution >= 4 is 5.82 Å². The normalized spacial score (nSPS) is 30.6. The van der Waals surface area contributed by atoms with Gasteiger partial charge in [-0.05, 0) is 6.07 Å². The highest BCUT2D eigenvalue weighted by Gasteiger charge is 2.59. The predicted octanol–water partition coefficient (Wildman–Crippen LogP) is -1.29.